The van der Waals surface area contributed by atoms with Crippen LogP contribution in [0, 0.1) is 0 Å². The fourth-order valence-electron chi connectivity index (χ4n) is 0.963. The lowest BCUT2D eigenvalue weighted by Crippen LogP contribution is -2.12. The van der Waals surface area contributed by atoms with Gasteiger partial charge in [-0.1, -0.05) is 5.21 Å². The summed E-state index contributed by atoms with van der Waals surface area (Å²) in [5.74, 6) is 0.211. The van der Waals surface area contributed by atoms with Crippen molar-refractivity contribution < 1.29 is 4.79 Å². The number of nitrogens with zero attached hydrogens (tertiary/aromatic N) is 4. The van der Waals surface area contributed by atoms with E-state index in [4.69, 9.17) is 0 Å². The van der Waals surface area contributed by atoms with Gasteiger partial charge in [-0.3, -0.25) is 14.6 Å². The maximum Gasteiger partial charge on any atom is 0.278 e. The van der Waals surface area contributed by atoms with Gasteiger partial charge in [-0.15, -0.1) is 5.10 Å². The van der Waals surface area contributed by atoms with Gasteiger partial charge >= 0.3 is 0 Å². The van der Waals surface area contributed by atoms with Crippen molar-refractivity contribution in [2.24, 2.45) is 7.05 Å². The quantitative estimate of drug-likeness (QED) is 0.689. The predicted octanol–water partition coefficient (Wildman–Crippen LogP) is -0.210. The first kappa shape index (κ1) is 8.42. The number of aryl methyl sites for hydroxylation is 1. The molecule has 0 atom stereocenters. The molecule has 0 unspecified atom stereocenters. The smallest absolute Gasteiger partial charge is 0.278 e. The first-order valence-corrected chi connectivity index (χ1v) is 3.93. The Bertz CT molecular complexity index is 431. The Morgan fingerprint density at radius 3 is 3.07 bits per heavy atom. The molecule has 2 aromatic heterocycles. The number of carbonyl (C=O) groups is 1. The second kappa shape index (κ2) is 3.29. The van der Waals surface area contributed by atoms with E-state index in [-0.39, 0.29) is 11.6 Å². The lowest BCUT2D eigenvalue weighted by molar-refractivity contribution is 0.102. The summed E-state index contributed by atoms with van der Waals surface area (Å²) in [6.07, 6.45) is 3.08. The van der Waals surface area contributed by atoms with E-state index in [2.05, 4.69) is 25.8 Å². The normalized spacial score (nSPS) is 10.1. The van der Waals surface area contributed by atoms with Gasteiger partial charge in [0.15, 0.2) is 5.69 Å². The molecule has 0 saturated carbocycles. The van der Waals surface area contributed by atoms with Crippen LogP contribution in [0.5, 0.6) is 0 Å². The van der Waals surface area contributed by atoms with E-state index in [0.29, 0.717) is 5.82 Å². The van der Waals surface area contributed by atoms with Crippen molar-refractivity contribution >= 4 is 11.7 Å². The van der Waals surface area contributed by atoms with E-state index in [1.165, 1.54) is 10.9 Å². The Balaban J connectivity index is 2.10. The summed E-state index contributed by atoms with van der Waals surface area (Å²) in [5, 5.41) is 16.2. The highest BCUT2D eigenvalue weighted by atomic mass is 16.2. The van der Waals surface area contributed by atoms with Crippen LogP contribution in [-0.2, 0) is 7.05 Å². The molecule has 7 nitrogen and oxygen atoms in total. The summed E-state index contributed by atoms with van der Waals surface area (Å²) < 4.78 is 1.46. The average Bonchev–Trinajstić information content (AvgIpc) is 2.75. The van der Waals surface area contributed by atoms with Crippen LogP contribution < -0.4 is 5.32 Å². The number of aromatic amines is 1. The Hall–Kier alpha value is -2.18. The highest BCUT2D eigenvalue weighted by Gasteiger charge is 2.09. The first-order chi connectivity index (χ1) is 6.75. The summed E-state index contributed by atoms with van der Waals surface area (Å²) in [5.41, 5.74) is 0.266. The number of anilines is 1. The molecule has 0 aromatic carbocycles. The highest BCUT2D eigenvalue weighted by Crippen LogP contribution is 2.01. The van der Waals surface area contributed by atoms with Crippen molar-refractivity contribution in [3.05, 3.63) is 24.2 Å². The standard InChI is InChI=1S/C7H8N6O/c1-13-4-5(10-12-13)7(14)9-6-2-3-8-11-6/h2-4H,1H3,(H2,8,9,11,14). The molecule has 0 bridgehead atoms. The largest absolute Gasteiger partial charge is 0.305 e. The van der Waals surface area contributed by atoms with Gasteiger partial charge in [0, 0.05) is 13.1 Å². The van der Waals surface area contributed by atoms with Crippen molar-refractivity contribution in [1.29, 1.82) is 0 Å². The number of rotatable bonds is 2. The van der Waals surface area contributed by atoms with Crippen molar-refractivity contribution in [3.8, 4) is 0 Å². The zero-order chi connectivity index (χ0) is 9.97. The molecule has 2 N–H and O–H groups in total. The minimum atomic E-state index is -0.317. The maximum absolute atomic E-state index is 11.5. The van der Waals surface area contributed by atoms with Gasteiger partial charge in [-0.2, -0.15) is 5.10 Å². The molecule has 0 saturated heterocycles. The molecule has 0 spiro atoms. The summed E-state index contributed by atoms with van der Waals surface area (Å²) >= 11 is 0. The Morgan fingerprint density at radius 1 is 1.64 bits per heavy atom. The molecule has 0 radical (unpaired) electrons. The molecular formula is C7H8N6O. The van der Waals surface area contributed by atoms with Crippen LogP contribution in [0.25, 0.3) is 0 Å². The number of carbonyl (C=O) groups excluding carboxylic acids is 1. The van der Waals surface area contributed by atoms with Crippen LogP contribution in [-0.4, -0.2) is 31.1 Å². The lowest BCUT2D eigenvalue weighted by Gasteiger charge is -1.96. The van der Waals surface area contributed by atoms with Crippen LogP contribution in [0.2, 0.25) is 0 Å². The molecule has 0 aliphatic rings. The third-order valence-electron chi connectivity index (χ3n) is 1.58. The molecule has 7 heteroatoms. The summed E-state index contributed by atoms with van der Waals surface area (Å²) in [6, 6.07) is 1.65. The molecule has 0 fully saturated rings. The molecule has 2 heterocycles. The van der Waals surface area contributed by atoms with Gasteiger partial charge in [0.25, 0.3) is 5.91 Å². The monoisotopic (exact) mass is 192 g/mol. The van der Waals surface area contributed by atoms with Crippen molar-refractivity contribution in [2.75, 3.05) is 5.32 Å². The van der Waals surface area contributed by atoms with Gasteiger partial charge in [-0.05, 0) is 0 Å². The van der Waals surface area contributed by atoms with E-state index in [9.17, 15) is 4.79 Å². The zero-order valence-corrected chi connectivity index (χ0v) is 7.43. The molecule has 2 aromatic rings. The topological polar surface area (TPSA) is 88.5 Å². The van der Waals surface area contributed by atoms with E-state index >= 15 is 0 Å². The number of hydrogen-bond acceptors (Lipinski definition) is 4. The third-order valence-corrected chi connectivity index (χ3v) is 1.58. The summed E-state index contributed by atoms with van der Waals surface area (Å²) in [4.78, 5) is 11.5. The highest BCUT2D eigenvalue weighted by molar-refractivity contribution is 6.01. The van der Waals surface area contributed by atoms with Gasteiger partial charge in [0.1, 0.15) is 5.82 Å². The average molecular weight is 192 g/mol. The number of hydrogen-bond donors (Lipinski definition) is 2. The second-order valence-electron chi connectivity index (χ2n) is 2.70. The molecule has 14 heavy (non-hydrogen) atoms. The van der Waals surface area contributed by atoms with Crippen LogP contribution >= 0.6 is 0 Å². The molecule has 0 aliphatic carbocycles. The SMILES string of the molecule is Cn1cc(C(=O)Nc2ccn[nH]2)nn1. The first-order valence-electron chi connectivity index (χ1n) is 3.93. The predicted molar refractivity (Wildman–Crippen MR) is 47.5 cm³/mol. The zero-order valence-electron chi connectivity index (χ0n) is 7.43. The van der Waals surface area contributed by atoms with Crippen LogP contribution in [0.4, 0.5) is 5.82 Å². The van der Waals surface area contributed by atoms with Crippen LogP contribution in [0.15, 0.2) is 18.5 Å². The number of nitrogens with one attached hydrogen (secondary N) is 2. The molecular weight excluding hydrogens is 184 g/mol. The molecule has 1 amide bonds. The number of amides is 1. The Labute approximate surface area is 79.1 Å². The maximum atomic E-state index is 11.5. The van der Waals surface area contributed by atoms with Crippen molar-refractivity contribution in [1.82, 2.24) is 25.2 Å². The summed E-state index contributed by atoms with van der Waals surface area (Å²) in [7, 11) is 1.69. The van der Waals surface area contributed by atoms with Gasteiger partial charge in [-0.25, -0.2) is 0 Å². The van der Waals surface area contributed by atoms with Crippen LogP contribution in [0.1, 0.15) is 10.5 Å². The molecule has 72 valence electrons. The molecule has 2 rings (SSSR count). The van der Waals surface area contributed by atoms with E-state index < -0.39 is 0 Å². The van der Waals surface area contributed by atoms with E-state index in [1.807, 2.05) is 0 Å². The Morgan fingerprint density at radius 2 is 2.50 bits per heavy atom. The van der Waals surface area contributed by atoms with Gasteiger partial charge < -0.3 is 5.32 Å². The van der Waals surface area contributed by atoms with Crippen molar-refractivity contribution in [2.45, 2.75) is 0 Å². The fourth-order valence-corrected chi connectivity index (χ4v) is 0.963. The van der Waals surface area contributed by atoms with Gasteiger partial charge in [0.2, 0.25) is 0 Å². The van der Waals surface area contributed by atoms with Crippen LogP contribution in [0.3, 0.4) is 0 Å². The van der Waals surface area contributed by atoms with Crippen molar-refractivity contribution in [3.63, 3.8) is 0 Å². The number of H-pyrrole nitrogens is 1. The fraction of sp³-hybridized carbons (Fsp3) is 0.143. The van der Waals surface area contributed by atoms with Gasteiger partial charge in [0.05, 0.1) is 12.4 Å². The second-order valence-corrected chi connectivity index (χ2v) is 2.70. The third kappa shape index (κ3) is 1.60. The lowest BCUT2D eigenvalue weighted by atomic mass is 10.4. The minimum Gasteiger partial charge on any atom is -0.305 e. The van der Waals surface area contributed by atoms with E-state index in [0.717, 1.165) is 0 Å². The minimum absolute atomic E-state index is 0.266. The summed E-state index contributed by atoms with van der Waals surface area (Å²) in [6.45, 7) is 0. The Kier molecular flexibility index (Phi) is 1.98. The molecule has 0 aliphatic heterocycles. The number of aromatic nitrogens is 5. The van der Waals surface area contributed by atoms with E-state index in [1.54, 1.807) is 19.3 Å².